The van der Waals surface area contributed by atoms with E-state index in [9.17, 15) is 13.2 Å². The molecule has 1 N–H and O–H groups in total. The Labute approximate surface area is 163 Å². The molecular weight excluding hydrogens is 391 g/mol. The second kappa shape index (κ2) is 7.59. The van der Waals surface area contributed by atoms with Gasteiger partial charge in [0, 0.05) is 19.2 Å². The maximum Gasteiger partial charge on any atom is 0.573 e. The van der Waals surface area contributed by atoms with Crippen LogP contribution < -0.4 is 15.0 Å². The van der Waals surface area contributed by atoms with Gasteiger partial charge in [0.1, 0.15) is 5.75 Å². The lowest BCUT2D eigenvalue weighted by Gasteiger charge is -2.26. The van der Waals surface area contributed by atoms with Crippen LogP contribution in [0.25, 0.3) is 16.2 Å². The smallest absolute Gasteiger partial charge is 0.406 e. The van der Waals surface area contributed by atoms with Crippen molar-refractivity contribution < 1.29 is 17.9 Å². The second-order valence-corrected chi connectivity index (χ2v) is 7.82. The molecule has 6 nitrogen and oxygen atoms in total. The van der Waals surface area contributed by atoms with Gasteiger partial charge < -0.3 is 15.0 Å². The molecule has 0 radical (unpaired) electrons. The molecule has 0 aliphatic carbocycles. The number of hydrogen-bond donors (Lipinski definition) is 1. The molecule has 1 aliphatic heterocycles. The van der Waals surface area contributed by atoms with Crippen molar-refractivity contribution in [2.75, 3.05) is 31.6 Å². The minimum Gasteiger partial charge on any atom is -0.406 e. The highest BCUT2D eigenvalue weighted by atomic mass is 32.1. The SMILES string of the molecule is CN(CC1CCNCC1)c1nn2cc(-c3cccc(OC(F)(F)F)c3)nc2s1. The van der Waals surface area contributed by atoms with Gasteiger partial charge in [0.05, 0.1) is 11.9 Å². The van der Waals surface area contributed by atoms with Crippen molar-refractivity contribution >= 4 is 21.4 Å². The summed E-state index contributed by atoms with van der Waals surface area (Å²) < 4.78 is 42.9. The molecule has 0 spiro atoms. The summed E-state index contributed by atoms with van der Waals surface area (Å²) in [4.78, 5) is 7.36. The number of rotatable bonds is 5. The summed E-state index contributed by atoms with van der Waals surface area (Å²) in [7, 11) is 2.03. The number of anilines is 1. The van der Waals surface area contributed by atoms with E-state index in [4.69, 9.17) is 0 Å². The third kappa shape index (κ3) is 4.39. The zero-order chi connectivity index (χ0) is 19.7. The van der Waals surface area contributed by atoms with Crippen molar-refractivity contribution in [1.29, 1.82) is 0 Å². The Hall–Kier alpha value is -2.33. The van der Waals surface area contributed by atoms with E-state index in [0.29, 0.717) is 22.1 Å². The fourth-order valence-corrected chi connectivity index (χ4v) is 4.22. The maximum atomic E-state index is 12.4. The normalized spacial score (nSPS) is 15.9. The van der Waals surface area contributed by atoms with Crippen LogP contribution >= 0.6 is 11.3 Å². The van der Waals surface area contributed by atoms with E-state index in [1.807, 2.05) is 7.05 Å². The quantitative estimate of drug-likeness (QED) is 0.692. The number of nitrogens with one attached hydrogen (secondary N) is 1. The van der Waals surface area contributed by atoms with Gasteiger partial charge in [0.2, 0.25) is 10.1 Å². The molecule has 1 saturated heterocycles. The number of hydrogen-bond acceptors (Lipinski definition) is 6. The Morgan fingerprint density at radius 3 is 2.82 bits per heavy atom. The van der Waals surface area contributed by atoms with Gasteiger partial charge >= 0.3 is 6.36 Å². The molecule has 150 valence electrons. The second-order valence-electron chi connectivity index (χ2n) is 6.89. The molecule has 1 fully saturated rings. The number of imidazole rings is 1. The third-order valence-corrected chi connectivity index (χ3v) is 5.75. The van der Waals surface area contributed by atoms with Crippen molar-refractivity contribution in [3.05, 3.63) is 30.5 Å². The van der Waals surface area contributed by atoms with Crippen molar-refractivity contribution in [3.63, 3.8) is 0 Å². The van der Waals surface area contributed by atoms with Crippen molar-refractivity contribution in [2.45, 2.75) is 19.2 Å². The number of piperidine rings is 1. The first kappa shape index (κ1) is 19.0. The summed E-state index contributed by atoms with van der Waals surface area (Å²) in [6, 6.07) is 5.79. The minimum atomic E-state index is -4.72. The van der Waals surface area contributed by atoms with Crippen LogP contribution in [0.4, 0.5) is 18.3 Å². The van der Waals surface area contributed by atoms with E-state index < -0.39 is 6.36 Å². The number of benzene rings is 1. The number of aromatic nitrogens is 3. The van der Waals surface area contributed by atoms with Gasteiger partial charge in [0.15, 0.2) is 0 Å². The van der Waals surface area contributed by atoms with Gasteiger partial charge in [-0.2, -0.15) is 0 Å². The van der Waals surface area contributed by atoms with E-state index in [-0.39, 0.29) is 5.75 Å². The van der Waals surface area contributed by atoms with Gasteiger partial charge in [-0.3, -0.25) is 0 Å². The molecule has 1 aromatic carbocycles. The average Bonchev–Trinajstić information content (AvgIpc) is 3.20. The molecule has 0 bridgehead atoms. The Kier molecular flexibility index (Phi) is 5.15. The number of ether oxygens (including phenoxy) is 1. The van der Waals surface area contributed by atoms with Crippen LogP contribution in [-0.4, -0.2) is 47.6 Å². The Balaban J connectivity index is 1.50. The fourth-order valence-electron chi connectivity index (χ4n) is 3.37. The van der Waals surface area contributed by atoms with Gasteiger partial charge in [-0.15, -0.1) is 18.3 Å². The van der Waals surface area contributed by atoms with Crippen LogP contribution in [-0.2, 0) is 0 Å². The minimum absolute atomic E-state index is 0.267. The molecule has 0 unspecified atom stereocenters. The molecule has 28 heavy (non-hydrogen) atoms. The van der Waals surface area contributed by atoms with E-state index in [1.54, 1.807) is 16.8 Å². The predicted octanol–water partition coefficient (Wildman–Crippen LogP) is 3.79. The summed E-state index contributed by atoms with van der Waals surface area (Å²) in [6.45, 7) is 3.06. The molecule has 3 heterocycles. The Bertz CT molecular complexity index is 917. The molecule has 10 heteroatoms. The number of nitrogens with zero attached hydrogens (tertiary/aromatic N) is 4. The maximum absolute atomic E-state index is 12.4. The fraction of sp³-hybridized carbons (Fsp3) is 0.444. The first-order chi connectivity index (χ1) is 13.4. The van der Waals surface area contributed by atoms with E-state index in [2.05, 4.69) is 25.0 Å². The Morgan fingerprint density at radius 2 is 2.11 bits per heavy atom. The molecule has 3 aromatic rings. The molecule has 0 amide bonds. The summed E-state index contributed by atoms with van der Waals surface area (Å²) in [5.41, 5.74) is 1.10. The van der Waals surface area contributed by atoms with Crippen LogP contribution in [0.2, 0.25) is 0 Å². The topological polar surface area (TPSA) is 54.7 Å². The lowest BCUT2D eigenvalue weighted by Crippen LogP contribution is -2.34. The summed E-state index contributed by atoms with van der Waals surface area (Å²) in [5.74, 6) is 0.381. The number of alkyl halides is 3. The molecular formula is C18H20F3N5OS. The van der Waals surface area contributed by atoms with Crippen LogP contribution in [0.3, 0.4) is 0 Å². The van der Waals surface area contributed by atoms with E-state index >= 15 is 0 Å². The summed E-state index contributed by atoms with van der Waals surface area (Å²) in [6.07, 6.45) is -0.677. The highest BCUT2D eigenvalue weighted by molar-refractivity contribution is 7.20. The van der Waals surface area contributed by atoms with Gasteiger partial charge in [-0.25, -0.2) is 9.50 Å². The van der Waals surface area contributed by atoms with Crippen LogP contribution in [0.1, 0.15) is 12.8 Å². The Morgan fingerprint density at radius 1 is 1.32 bits per heavy atom. The number of halogens is 3. The van der Waals surface area contributed by atoms with Crippen molar-refractivity contribution in [2.24, 2.45) is 5.92 Å². The predicted molar refractivity (Wildman–Crippen MR) is 102 cm³/mol. The molecule has 1 aliphatic rings. The highest BCUT2D eigenvalue weighted by Gasteiger charge is 2.31. The molecule has 0 saturated carbocycles. The lowest BCUT2D eigenvalue weighted by molar-refractivity contribution is -0.274. The number of fused-ring (bicyclic) bond motifs is 1. The van der Waals surface area contributed by atoms with Gasteiger partial charge in [-0.05, 0) is 44.0 Å². The van der Waals surface area contributed by atoms with E-state index in [0.717, 1.165) is 37.6 Å². The molecule has 0 atom stereocenters. The summed E-state index contributed by atoms with van der Waals surface area (Å²) >= 11 is 1.46. The summed E-state index contributed by atoms with van der Waals surface area (Å²) in [5, 5.41) is 8.82. The van der Waals surface area contributed by atoms with Crippen LogP contribution in [0, 0.1) is 5.92 Å². The first-order valence-electron chi connectivity index (χ1n) is 9.02. The van der Waals surface area contributed by atoms with Crippen molar-refractivity contribution in [3.8, 4) is 17.0 Å². The third-order valence-electron chi connectivity index (χ3n) is 4.71. The monoisotopic (exact) mass is 411 g/mol. The van der Waals surface area contributed by atoms with E-state index in [1.165, 1.54) is 29.5 Å². The molecule has 2 aromatic heterocycles. The zero-order valence-electron chi connectivity index (χ0n) is 15.2. The lowest BCUT2D eigenvalue weighted by atomic mass is 9.98. The standard InChI is InChI=1S/C18H20F3N5OS/c1-25(10-12-5-7-22-8-6-12)17-24-26-11-15(23-16(26)28-17)13-3-2-4-14(9-13)27-18(19,20)21/h2-4,9,11-12,22H,5-8,10H2,1H3. The van der Waals surface area contributed by atoms with Crippen molar-refractivity contribution in [1.82, 2.24) is 19.9 Å². The van der Waals surface area contributed by atoms with Crippen LogP contribution in [0.15, 0.2) is 30.5 Å². The highest BCUT2D eigenvalue weighted by Crippen LogP contribution is 2.30. The first-order valence-corrected chi connectivity index (χ1v) is 9.83. The van der Waals surface area contributed by atoms with Gasteiger partial charge in [0.25, 0.3) is 0 Å². The largest absolute Gasteiger partial charge is 0.573 e. The average molecular weight is 411 g/mol. The van der Waals surface area contributed by atoms with Gasteiger partial charge in [-0.1, -0.05) is 23.5 Å². The zero-order valence-corrected chi connectivity index (χ0v) is 16.1. The molecule has 4 rings (SSSR count). The van der Waals surface area contributed by atoms with Crippen LogP contribution in [0.5, 0.6) is 5.75 Å².